The van der Waals surface area contributed by atoms with Crippen LogP contribution < -0.4 is 0 Å². The Morgan fingerprint density at radius 2 is 0.923 bits per heavy atom. The standard InChI is InChI=1S/C20H12O6/c21-15-13-19(17(23)25-15,11-7-3-1-4-8-11)14-16(22)26-18(24)20(13,14)12-9-5-2-6-10-12/h1-10,13-14H. The van der Waals surface area contributed by atoms with Crippen LogP contribution in [0, 0.1) is 11.8 Å². The third-order valence-electron chi connectivity index (χ3n) is 5.86. The van der Waals surface area contributed by atoms with Gasteiger partial charge >= 0.3 is 23.9 Å². The summed E-state index contributed by atoms with van der Waals surface area (Å²) in [5.74, 6) is -5.47. The number of fused-ring (bicyclic) bond motifs is 4. The molecule has 3 aliphatic rings. The second-order valence-electron chi connectivity index (χ2n) is 6.75. The maximum absolute atomic E-state index is 12.8. The molecule has 0 radical (unpaired) electrons. The van der Waals surface area contributed by atoms with Crippen molar-refractivity contribution < 1.29 is 28.7 Å². The third kappa shape index (κ3) is 1.37. The fraction of sp³-hybridized carbons (Fsp3) is 0.200. The lowest BCUT2D eigenvalue weighted by Crippen LogP contribution is -2.72. The van der Waals surface area contributed by atoms with E-state index in [9.17, 15) is 19.2 Å². The van der Waals surface area contributed by atoms with Gasteiger partial charge < -0.3 is 9.47 Å². The van der Waals surface area contributed by atoms with Gasteiger partial charge in [-0.25, -0.2) is 0 Å². The van der Waals surface area contributed by atoms with Gasteiger partial charge in [-0.2, -0.15) is 0 Å². The number of hydrogen-bond donors (Lipinski definition) is 0. The van der Waals surface area contributed by atoms with E-state index < -0.39 is 46.5 Å². The van der Waals surface area contributed by atoms with E-state index >= 15 is 0 Å². The molecule has 2 heterocycles. The first-order chi connectivity index (χ1) is 12.6. The quantitative estimate of drug-likeness (QED) is 0.600. The van der Waals surface area contributed by atoms with Crippen LogP contribution in [-0.4, -0.2) is 23.9 Å². The molecule has 0 N–H and O–H groups in total. The molecular weight excluding hydrogens is 336 g/mol. The van der Waals surface area contributed by atoms with Crippen LogP contribution in [0.5, 0.6) is 0 Å². The summed E-state index contributed by atoms with van der Waals surface area (Å²) in [5.41, 5.74) is -2.11. The van der Waals surface area contributed by atoms with E-state index in [4.69, 9.17) is 9.47 Å². The molecule has 0 aromatic heterocycles. The van der Waals surface area contributed by atoms with Gasteiger partial charge in [-0.3, -0.25) is 19.2 Å². The minimum Gasteiger partial charge on any atom is -0.392 e. The summed E-state index contributed by atoms with van der Waals surface area (Å²) in [6.45, 7) is 0. The summed E-state index contributed by atoms with van der Waals surface area (Å²) in [6, 6.07) is 17.0. The topological polar surface area (TPSA) is 86.7 Å². The molecule has 2 aromatic rings. The van der Waals surface area contributed by atoms with E-state index in [1.165, 1.54) is 0 Å². The maximum Gasteiger partial charge on any atom is 0.326 e. The molecule has 0 bridgehead atoms. The van der Waals surface area contributed by atoms with Crippen LogP contribution in [0.25, 0.3) is 0 Å². The van der Waals surface area contributed by atoms with Gasteiger partial charge in [-0.15, -0.1) is 0 Å². The van der Waals surface area contributed by atoms with Crippen molar-refractivity contribution in [3.63, 3.8) is 0 Å². The molecule has 6 heteroatoms. The zero-order chi connectivity index (χ0) is 18.1. The minimum absolute atomic E-state index is 0.476. The molecule has 3 fully saturated rings. The normalized spacial score (nSPS) is 34.6. The van der Waals surface area contributed by atoms with Gasteiger partial charge in [0.05, 0.1) is 11.8 Å². The Hall–Kier alpha value is -3.28. The van der Waals surface area contributed by atoms with Crippen molar-refractivity contribution in [1.29, 1.82) is 0 Å². The largest absolute Gasteiger partial charge is 0.392 e. The van der Waals surface area contributed by atoms with Crippen LogP contribution in [0.4, 0.5) is 0 Å². The van der Waals surface area contributed by atoms with Gasteiger partial charge in [-0.05, 0) is 11.1 Å². The number of esters is 4. The van der Waals surface area contributed by atoms with Crippen molar-refractivity contribution in [2.75, 3.05) is 0 Å². The van der Waals surface area contributed by atoms with Gasteiger partial charge in [0, 0.05) is 0 Å². The van der Waals surface area contributed by atoms with Crippen LogP contribution in [0.2, 0.25) is 0 Å². The van der Waals surface area contributed by atoms with Crippen molar-refractivity contribution >= 4 is 23.9 Å². The first-order valence-corrected chi connectivity index (χ1v) is 8.19. The molecular formula is C20H12O6. The van der Waals surface area contributed by atoms with Crippen LogP contribution in [0.3, 0.4) is 0 Å². The molecule has 0 amide bonds. The number of cyclic esters (lactones) is 4. The number of carbonyl (C=O) groups is 4. The minimum atomic E-state index is -1.53. The molecule has 1 saturated carbocycles. The van der Waals surface area contributed by atoms with Gasteiger partial charge in [0.25, 0.3) is 0 Å². The Bertz CT molecular complexity index is 888. The van der Waals surface area contributed by atoms with Crippen molar-refractivity contribution in [3.05, 3.63) is 71.8 Å². The zero-order valence-corrected chi connectivity index (χ0v) is 13.4. The van der Waals surface area contributed by atoms with Gasteiger partial charge in [-0.1, -0.05) is 60.7 Å². The molecule has 0 spiro atoms. The molecule has 6 nitrogen and oxygen atoms in total. The Balaban J connectivity index is 1.83. The van der Waals surface area contributed by atoms with Crippen LogP contribution in [-0.2, 0) is 39.5 Å². The molecule has 2 aromatic carbocycles. The van der Waals surface area contributed by atoms with E-state index in [1.54, 1.807) is 60.7 Å². The molecule has 26 heavy (non-hydrogen) atoms. The molecule has 2 aliphatic heterocycles. The number of ether oxygens (including phenoxy) is 2. The number of hydrogen-bond acceptors (Lipinski definition) is 6. The average Bonchev–Trinajstić information content (AvgIpc) is 2.97. The Kier molecular flexibility index (Phi) is 2.69. The summed E-state index contributed by atoms with van der Waals surface area (Å²) in [6.07, 6.45) is 0. The highest BCUT2D eigenvalue weighted by Crippen LogP contribution is 2.71. The maximum atomic E-state index is 12.8. The lowest BCUT2D eigenvalue weighted by atomic mass is 9.37. The Labute approximate surface area is 147 Å². The van der Waals surface area contributed by atoms with Gasteiger partial charge in [0.2, 0.25) is 0 Å². The van der Waals surface area contributed by atoms with E-state index in [0.717, 1.165) is 0 Å². The van der Waals surface area contributed by atoms with Crippen LogP contribution in [0.15, 0.2) is 60.7 Å². The predicted octanol–water partition coefficient (Wildman–Crippen LogP) is 1.28. The fourth-order valence-corrected chi connectivity index (χ4v) is 4.97. The summed E-state index contributed by atoms with van der Waals surface area (Å²) in [5, 5.41) is 0. The molecule has 0 atom stereocenters. The summed E-state index contributed by atoms with van der Waals surface area (Å²) in [4.78, 5) is 50.8. The first kappa shape index (κ1) is 15.0. The average molecular weight is 348 g/mol. The molecule has 5 rings (SSSR count). The Morgan fingerprint density at radius 3 is 1.27 bits per heavy atom. The smallest absolute Gasteiger partial charge is 0.326 e. The van der Waals surface area contributed by atoms with Crippen molar-refractivity contribution in [2.45, 2.75) is 10.8 Å². The van der Waals surface area contributed by atoms with E-state index in [0.29, 0.717) is 11.1 Å². The number of carbonyl (C=O) groups excluding carboxylic acids is 4. The van der Waals surface area contributed by atoms with Crippen molar-refractivity contribution in [2.24, 2.45) is 11.8 Å². The summed E-state index contributed by atoms with van der Waals surface area (Å²) < 4.78 is 9.90. The van der Waals surface area contributed by atoms with Crippen LogP contribution >= 0.6 is 0 Å². The highest BCUT2D eigenvalue weighted by molar-refractivity contribution is 6.19. The lowest BCUT2D eigenvalue weighted by Gasteiger charge is -2.54. The van der Waals surface area contributed by atoms with Crippen molar-refractivity contribution in [1.82, 2.24) is 0 Å². The molecule has 2 saturated heterocycles. The predicted molar refractivity (Wildman–Crippen MR) is 85.4 cm³/mol. The number of rotatable bonds is 2. The highest BCUT2D eigenvalue weighted by Gasteiger charge is 2.90. The second-order valence-corrected chi connectivity index (χ2v) is 6.75. The third-order valence-corrected chi connectivity index (χ3v) is 5.86. The van der Waals surface area contributed by atoms with E-state index in [-0.39, 0.29) is 0 Å². The first-order valence-electron chi connectivity index (χ1n) is 8.19. The summed E-state index contributed by atoms with van der Waals surface area (Å²) >= 11 is 0. The molecule has 0 unspecified atom stereocenters. The van der Waals surface area contributed by atoms with Gasteiger partial charge in [0.15, 0.2) is 0 Å². The molecule has 128 valence electrons. The summed E-state index contributed by atoms with van der Waals surface area (Å²) in [7, 11) is 0. The van der Waals surface area contributed by atoms with Gasteiger partial charge in [0.1, 0.15) is 10.8 Å². The SMILES string of the molecule is O=C1OC(=O)C2(c3ccccc3)C1C1(c3ccccc3)C(=O)OC(=O)C21. The van der Waals surface area contributed by atoms with Crippen molar-refractivity contribution in [3.8, 4) is 0 Å². The number of benzene rings is 2. The molecule has 1 aliphatic carbocycles. The Morgan fingerprint density at radius 1 is 0.577 bits per heavy atom. The highest BCUT2D eigenvalue weighted by atomic mass is 16.6. The van der Waals surface area contributed by atoms with Crippen LogP contribution in [0.1, 0.15) is 11.1 Å². The van der Waals surface area contributed by atoms with E-state index in [2.05, 4.69) is 0 Å². The second kappa shape index (κ2) is 4.66. The lowest BCUT2D eigenvalue weighted by molar-refractivity contribution is -0.159. The monoisotopic (exact) mass is 348 g/mol. The zero-order valence-electron chi connectivity index (χ0n) is 13.4. The fourth-order valence-electron chi connectivity index (χ4n) is 4.97. The van der Waals surface area contributed by atoms with E-state index in [1.807, 2.05) is 0 Å².